The van der Waals surface area contributed by atoms with E-state index in [2.05, 4.69) is 55.6 Å². The second kappa shape index (κ2) is 6.39. The van der Waals surface area contributed by atoms with Crippen molar-refractivity contribution in [3.63, 3.8) is 0 Å². The van der Waals surface area contributed by atoms with Crippen molar-refractivity contribution in [3.8, 4) is 5.75 Å². The van der Waals surface area contributed by atoms with E-state index in [0.717, 1.165) is 12.3 Å². The Balaban J connectivity index is 1.96. The van der Waals surface area contributed by atoms with E-state index in [0.29, 0.717) is 6.04 Å². The summed E-state index contributed by atoms with van der Waals surface area (Å²) in [6.45, 7) is 5.21. The molecule has 0 heterocycles. The lowest BCUT2D eigenvalue weighted by Crippen LogP contribution is -2.18. The first kappa shape index (κ1) is 13.6. The highest BCUT2D eigenvalue weighted by Gasteiger charge is 2.06. The highest BCUT2D eigenvalue weighted by molar-refractivity contribution is 5.29. The molecule has 0 saturated heterocycles. The van der Waals surface area contributed by atoms with Gasteiger partial charge in [0.1, 0.15) is 5.75 Å². The van der Waals surface area contributed by atoms with Gasteiger partial charge in [-0.25, -0.2) is 0 Å². The number of aryl methyl sites for hydroxylation is 1. The third kappa shape index (κ3) is 3.58. The smallest absolute Gasteiger partial charge is 0.118 e. The van der Waals surface area contributed by atoms with Gasteiger partial charge in [0, 0.05) is 12.6 Å². The van der Waals surface area contributed by atoms with E-state index in [4.69, 9.17) is 4.74 Å². The number of hydrogen-bond donors (Lipinski definition) is 1. The minimum absolute atomic E-state index is 0.350. The molecule has 2 rings (SSSR count). The van der Waals surface area contributed by atoms with Crippen molar-refractivity contribution in [3.05, 3.63) is 65.2 Å². The van der Waals surface area contributed by atoms with E-state index < -0.39 is 0 Å². The zero-order chi connectivity index (χ0) is 13.7. The topological polar surface area (TPSA) is 21.3 Å². The molecule has 2 aromatic rings. The van der Waals surface area contributed by atoms with Crippen LogP contribution in [0.25, 0.3) is 0 Å². The van der Waals surface area contributed by atoms with Crippen LogP contribution in [0.4, 0.5) is 0 Å². The fourth-order valence-electron chi connectivity index (χ4n) is 2.20. The van der Waals surface area contributed by atoms with Crippen molar-refractivity contribution in [1.82, 2.24) is 5.32 Å². The summed E-state index contributed by atoms with van der Waals surface area (Å²) in [7, 11) is 1.69. The molecule has 2 heteroatoms. The Morgan fingerprint density at radius 2 is 1.74 bits per heavy atom. The predicted molar refractivity (Wildman–Crippen MR) is 79.4 cm³/mol. The molecule has 0 spiro atoms. The molecule has 0 bridgehead atoms. The first-order valence-electron chi connectivity index (χ1n) is 6.62. The Morgan fingerprint density at radius 3 is 2.37 bits per heavy atom. The molecule has 2 nitrogen and oxygen atoms in total. The molecule has 0 aliphatic carbocycles. The number of benzene rings is 2. The maximum atomic E-state index is 5.16. The molecular weight excluding hydrogens is 234 g/mol. The third-order valence-corrected chi connectivity index (χ3v) is 3.43. The van der Waals surface area contributed by atoms with Crippen LogP contribution in [0.5, 0.6) is 5.75 Å². The quantitative estimate of drug-likeness (QED) is 0.876. The molecule has 19 heavy (non-hydrogen) atoms. The molecule has 0 saturated carbocycles. The van der Waals surface area contributed by atoms with Crippen LogP contribution in [-0.2, 0) is 6.54 Å². The van der Waals surface area contributed by atoms with Gasteiger partial charge in [-0.2, -0.15) is 0 Å². The zero-order valence-electron chi connectivity index (χ0n) is 11.8. The summed E-state index contributed by atoms with van der Waals surface area (Å²) in [6, 6.07) is 17.0. The monoisotopic (exact) mass is 255 g/mol. The number of nitrogens with one attached hydrogen (secondary N) is 1. The highest BCUT2D eigenvalue weighted by Crippen LogP contribution is 2.18. The first-order valence-corrected chi connectivity index (χ1v) is 6.62. The molecule has 0 aliphatic heterocycles. The van der Waals surface area contributed by atoms with Crippen LogP contribution in [0, 0.1) is 6.92 Å². The van der Waals surface area contributed by atoms with Crippen LogP contribution in [0.3, 0.4) is 0 Å². The number of methoxy groups -OCH3 is 1. The van der Waals surface area contributed by atoms with Crippen LogP contribution in [0.1, 0.15) is 29.7 Å². The lowest BCUT2D eigenvalue weighted by atomic mass is 10.0. The SMILES string of the molecule is COc1ccc(CN[C@@H](C)c2ccccc2C)cc1. The van der Waals surface area contributed by atoms with Crippen molar-refractivity contribution in [2.24, 2.45) is 0 Å². The minimum atomic E-state index is 0.350. The van der Waals surface area contributed by atoms with Crippen LogP contribution >= 0.6 is 0 Å². The standard InChI is InChI=1S/C17H21NO/c1-13-6-4-5-7-17(13)14(2)18-12-15-8-10-16(19-3)11-9-15/h4-11,14,18H,12H2,1-3H3/t14-/m0/s1. The Bertz CT molecular complexity index is 519. The van der Waals surface area contributed by atoms with Crippen LogP contribution < -0.4 is 10.1 Å². The Hall–Kier alpha value is -1.80. The van der Waals surface area contributed by atoms with Gasteiger partial charge in [0.25, 0.3) is 0 Å². The van der Waals surface area contributed by atoms with Gasteiger partial charge in [0.2, 0.25) is 0 Å². The van der Waals surface area contributed by atoms with Crippen molar-refractivity contribution in [2.75, 3.05) is 7.11 Å². The average Bonchev–Trinajstić information content (AvgIpc) is 2.46. The fraction of sp³-hybridized carbons (Fsp3) is 0.294. The van der Waals surface area contributed by atoms with Gasteiger partial charge >= 0.3 is 0 Å². The Morgan fingerprint density at radius 1 is 1.05 bits per heavy atom. The first-order chi connectivity index (χ1) is 9.20. The molecule has 0 fully saturated rings. The van der Waals surface area contributed by atoms with Crippen molar-refractivity contribution >= 4 is 0 Å². The largest absolute Gasteiger partial charge is 0.497 e. The second-order valence-electron chi connectivity index (χ2n) is 4.81. The molecule has 0 amide bonds. The van der Waals surface area contributed by atoms with Gasteiger partial charge in [-0.1, -0.05) is 36.4 Å². The summed E-state index contributed by atoms with van der Waals surface area (Å²) in [5.74, 6) is 0.899. The van der Waals surface area contributed by atoms with Gasteiger partial charge < -0.3 is 10.1 Å². The van der Waals surface area contributed by atoms with E-state index in [1.807, 2.05) is 12.1 Å². The maximum absolute atomic E-state index is 5.16. The minimum Gasteiger partial charge on any atom is -0.497 e. The zero-order valence-corrected chi connectivity index (χ0v) is 11.8. The maximum Gasteiger partial charge on any atom is 0.118 e. The average molecular weight is 255 g/mol. The number of rotatable bonds is 5. The molecule has 1 atom stereocenters. The lowest BCUT2D eigenvalue weighted by Gasteiger charge is -2.16. The van der Waals surface area contributed by atoms with E-state index >= 15 is 0 Å². The van der Waals surface area contributed by atoms with E-state index in [-0.39, 0.29) is 0 Å². The molecule has 0 aliphatic rings. The molecule has 2 aromatic carbocycles. The van der Waals surface area contributed by atoms with E-state index in [1.54, 1.807) is 7.11 Å². The van der Waals surface area contributed by atoms with Crippen LogP contribution in [0.2, 0.25) is 0 Å². The van der Waals surface area contributed by atoms with Gasteiger partial charge in [-0.05, 0) is 42.7 Å². The van der Waals surface area contributed by atoms with Gasteiger partial charge in [0.15, 0.2) is 0 Å². The van der Waals surface area contributed by atoms with Crippen LogP contribution in [0.15, 0.2) is 48.5 Å². The third-order valence-electron chi connectivity index (χ3n) is 3.43. The van der Waals surface area contributed by atoms with Crippen LogP contribution in [-0.4, -0.2) is 7.11 Å². The Labute approximate surface area is 115 Å². The second-order valence-corrected chi connectivity index (χ2v) is 4.81. The molecule has 1 N–H and O–H groups in total. The Kier molecular flexibility index (Phi) is 4.58. The summed E-state index contributed by atoms with van der Waals surface area (Å²) in [6.07, 6.45) is 0. The normalized spacial score (nSPS) is 12.2. The fourth-order valence-corrected chi connectivity index (χ4v) is 2.20. The highest BCUT2D eigenvalue weighted by atomic mass is 16.5. The molecular formula is C17H21NO. The van der Waals surface area contributed by atoms with Gasteiger partial charge in [0.05, 0.1) is 7.11 Å². The van der Waals surface area contributed by atoms with Crippen molar-refractivity contribution in [1.29, 1.82) is 0 Å². The summed E-state index contributed by atoms with van der Waals surface area (Å²) >= 11 is 0. The van der Waals surface area contributed by atoms with Gasteiger partial charge in [-0.3, -0.25) is 0 Å². The molecule has 100 valence electrons. The number of hydrogen-bond acceptors (Lipinski definition) is 2. The van der Waals surface area contributed by atoms with Gasteiger partial charge in [-0.15, -0.1) is 0 Å². The summed E-state index contributed by atoms with van der Waals surface area (Å²) < 4.78 is 5.16. The summed E-state index contributed by atoms with van der Waals surface area (Å²) in [5, 5.41) is 3.55. The summed E-state index contributed by atoms with van der Waals surface area (Å²) in [5.41, 5.74) is 3.95. The lowest BCUT2D eigenvalue weighted by molar-refractivity contribution is 0.414. The van der Waals surface area contributed by atoms with E-state index in [9.17, 15) is 0 Å². The molecule has 0 aromatic heterocycles. The number of ether oxygens (including phenoxy) is 1. The summed E-state index contributed by atoms with van der Waals surface area (Å²) in [4.78, 5) is 0. The predicted octanol–water partition coefficient (Wildman–Crippen LogP) is 3.85. The van der Waals surface area contributed by atoms with Crippen molar-refractivity contribution in [2.45, 2.75) is 26.4 Å². The molecule has 0 radical (unpaired) electrons. The van der Waals surface area contributed by atoms with Crippen molar-refractivity contribution < 1.29 is 4.74 Å². The molecule has 0 unspecified atom stereocenters. The van der Waals surface area contributed by atoms with E-state index in [1.165, 1.54) is 16.7 Å².